The second kappa shape index (κ2) is 4.59. The summed E-state index contributed by atoms with van der Waals surface area (Å²) in [5, 5.41) is 3.89. The van der Waals surface area contributed by atoms with Crippen LogP contribution in [0.15, 0.2) is 34.9 Å². The van der Waals surface area contributed by atoms with E-state index in [0.717, 1.165) is 24.5 Å². The molecular formula is C14H16N2O3. The molecule has 2 aromatic rings. The van der Waals surface area contributed by atoms with Crippen molar-refractivity contribution in [3.8, 4) is 17.0 Å². The van der Waals surface area contributed by atoms with Crippen molar-refractivity contribution >= 4 is 5.88 Å². The molecule has 0 bridgehead atoms. The maximum Gasteiger partial charge on any atom is 0.222 e. The first-order chi connectivity index (χ1) is 9.15. The summed E-state index contributed by atoms with van der Waals surface area (Å²) in [6.07, 6.45) is 0. The molecule has 0 saturated carbocycles. The van der Waals surface area contributed by atoms with Crippen molar-refractivity contribution in [2.45, 2.75) is 6.92 Å². The van der Waals surface area contributed by atoms with Crippen LogP contribution in [0, 0.1) is 5.41 Å². The van der Waals surface area contributed by atoms with Gasteiger partial charge in [0.15, 0.2) is 0 Å². The molecule has 19 heavy (non-hydrogen) atoms. The molecule has 0 amide bonds. The molecule has 5 heteroatoms. The summed E-state index contributed by atoms with van der Waals surface area (Å²) in [5.41, 5.74) is 7.29. The molecule has 2 heterocycles. The Hall–Kier alpha value is -2.01. The van der Waals surface area contributed by atoms with Gasteiger partial charge in [-0.2, -0.15) is 0 Å². The largest absolute Gasteiger partial charge is 0.493 e. The second-order valence-corrected chi connectivity index (χ2v) is 5.23. The number of hydrogen-bond donors (Lipinski definition) is 1. The van der Waals surface area contributed by atoms with E-state index >= 15 is 0 Å². The molecule has 1 aromatic heterocycles. The maximum atomic E-state index is 5.81. The third-order valence-electron chi connectivity index (χ3n) is 3.15. The Bertz CT molecular complexity index is 576. The lowest BCUT2D eigenvalue weighted by Crippen LogP contribution is -2.44. The van der Waals surface area contributed by atoms with E-state index in [1.807, 2.05) is 24.3 Å². The fraction of sp³-hybridized carbons (Fsp3) is 0.357. The molecule has 0 radical (unpaired) electrons. The van der Waals surface area contributed by atoms with Crippen molar-refractivity contribution in [3.05, 3.63) is 30.3 Å². The van der Waals surface area contributed by atoms with Gasteiger partial charge in [-0.1, -0.05) is 24.2 Å². The van der Waals surface area contributed by atoms with E-state index in [4.69, 9.17) is 19.7 Å². The predicted octanol–water partition coefficient (Wildman–Crippen LogP) is 2.34. The Kier molecular flexibility index (Phi) is 2.91. The van der Waals surface area contributed by atoms with E-state index in [1.165, 1.54) is 0 Å². The van der Waals surface area contributed by atoms with Gasteiger partial charge in [0, 0.05) is 17.0 Å². The van der Waals surface area contributed by atoms with Crippen molar-refractivity contribution in [2.24, 2.45) is 5.41 Å². The van der Waals surface area contributed by atoms with E-state index in [1.54, 1.807) is 6.07 Å². The molecule has 100 valence electrons. The van der Waals surface area contributed by atoms with Gasteiger partial charge in [0.2, 0.25) is 5.88 Å². The van der Waals surface area contributed by atoms with Gasteiger partial charge in [-0.05, 0) is 12.1 Å². The third-order valence-corrected chi connectivity index (χ3v) is 3.15. The van der Waals surface area contributed by atoms with Crippen LogP contribution < -0.4 is 10.5 Å². The first-order valence-electron chi connectivity index (χ1n) is 6.18. The Morgan fingerprint density at radius 1 is 1.37 bits per heavy atom. The molecular weight excluding hydrogens is 244 g/mol. The summed E-state index contributed by atoms with van der Waals surface area (Å²) >= 11 is 0. The fourth-order valence-corrected chi connectivity index (χ4v) is 1.96. The zero-order valence-electron chi connectivity index (χ0n) is 10.8. The molecule has 1 aliphatic rings. The molecule has 1 aromatic carbocycles. The van der Waals surface area contributed by atoms with E-state index in [0.29, 0.717) is 18.2 Å². The third kappa shape index (κ3) is 2.56. The van der Waals surface area contributed by atoms with Crippen LogP contribution in [0.5, 0.6) is 5.75 Å². The minimum atomic E-state index is 0.133. The van der Waals surface area contributed by atoms with Crippen molar-refractivity contribution in [3.63, 3.8) is 0 Å². The number of nitrogens with two attached hydrogens (primary N) is 1. The number of nitrogens with zero attached hydrogens (tertiary/aromatic N) is 1. The van der Waals surface area contributed by atoms with E-state index < -0.39 is 0 Å². The lowest BCUT2D eigenvalue weighted by atomic mass is 9.90. The number of rotatable bonds is 4. The predicted molar refractivity (Wildman–Crippen MR) is 70.8 cm³/mol. The van der Waals surface area contributed by atoms with Crippen molar-refractivity contribution in [1.29, 1.82) is 0 Å². The van der Waals surface area contributed by atoms with Crippen LogP contribution in [0.1, 0.15) is 6.92 Å². The van der Waals surface area contributed by atoms with Gasteiger partial charge >= 0.3 is 0 Å². The van der Waals surface area contributed by atoms with Crippen molar-refractivity contribution < 1.29 is 14.0 Å². The second-order valence-electron chi connectivity index (χ2n) is 5.23. The molecule has 2 N–H and O–H groups in total. The Balaban J connectivity index is 1.72. The number of aromatic nitrogens is 1. The van der Waals surface area contributed by atoms with Crippen LogP contribution in [0.2, 0.25) is 0 Å². The lowest BCUT2D eigenvalue weighted by Gasteiger charge is -2.37. The topological polar surface area (TPSA) is 70.5 Å². The van der Waals surface area contributed by atoms with Gasteiger partial charge in [0.1, 0.15) is 11.4 Å². The van der Waals surface area contributed by atoms with Gasteiger partial charge in [0.25, 0.3) is 0 Å². The van der Waals surface area contributed by atoms with Gasteiger partial charge in [0.05, 0.1) is 19.8 Å². The summed E-state index contributed by atoms with van der Waals surface area (Å²) < 4.78 is 15.9. The van der Waals surface area contributed by atoms with E-state index in [9.17, 15) is 0 Å². The van der Waals surface area contributed by atoms with Crippen LogP contribution in [0.25, 0.3) is 11.3 Å². The molecule has 0 unspecified atom stereocenters. The van der Waals surface area contributed by atoms with Gasteiger partial charge < -0.3 is 19.7 Å². The van der Waals surface area contributed by atoms with Gasteiger partial charge in [-0.3, -0.25) is 0 Å². The Morgan fingerprint density at radius 2 is 2.21 bits per heavy atom. The number of benzene rings is 1. The van der Waals surface area contributed by atoms with Crippen molar-refractivity contribution in [1.82, 2.24) is 5.16 Å². The number of hydrogen-bond acceptors (Lipinski definition) is 5. The molecule has 0 aliphatic carbocycles. The minimum Gasteiger partial charge on any atom is -0.493 e. The zero-order chi connectivity index (χ0) is 13.3. The quantitative estimate of drug-likeness (QED) is 0.913. The number of ether oxygens (including phenoxy) is 2. The maximum absolute atomic E-state index is 5.81. The summed E-state index contributed by atoms with van der Waals surface area (Å²) in [6, 6.07) is 9.42. The van der Waals surface area contributed by atoms with Crippen LogP contribution in [0.4, 0.5) is 5.88 Å². The molecule has 1 saturated heterocycles. The normalized spacial score (nSPS) is 16.9. The Labute approximate surface area is 111 Å². The average Bonchev–Trinajstić information content (AvgIpc) is 2.81. The molecule has 5 nitrogen and oxygen atoms in total. The van der Waals surface area contributed by atoms with Crippen LogP contribution in [0.3, 0.4) is 0 Å². The summed E-state index contributed by atoms with van der Waals surface area (Å²) in [5.74, 6) is 1.12. The molecule has 0 spiro atoms. The monoisotopic (exact) mass is 260 g/mol. The highest BCUT2D eigenvalue weighted by Crippen LogP contribution is 2.29. The number of anilines is 1. The minimum absolute atomic E-state index is 0.133. The SMILES string of the molecule is CC1(COc2cccc(-c3cc(N)on3)c2)COC1. The highest BCUT2D eigenvalue weighted by molar-refractivity contribution is 5.62. The van der Waals surface area contributed by atoms with Crippen molar-refractivity contribution in [2.75, 3.05) is 25.6 Å². The van der Waals surface area contributed by atoms with E-state index in [2.05, 4.69) is 12.1 Å². The van der Waals surface area contributed by atoms with E-state index in [-0.39, 0.29) is 5.41 Å². The molecule has 1 aliphatic heterocycles. The molecule has 1 fully saturated rings. The average molecular weight is 260 g/mol. The fourth-order valence-electron chi connectivity index (χ4n) is 1.96. The van der Waals surface area contributed by atoms with Crippen LogP contribution in [-0.4, -0.2) is 25.0 Å². The summed E-state index contributed by atoms with van der Waals surface area (Å²) in [6.45, 7) is 4.31. The zero-order valence-corrected chi connectivity index (χ0v) is 10.8. The lowest BCUT2D eigenvalue weighted by molar-refractivity contribution is -0.120. The summed E-state index contributed by atoms with van der Waals surface area (Å²) in [7, 11) is 0. The first kappa shape index (κ1) is 12.0. The standard InChI is InChI=1S/C14H16N2O3/c1-14(7-17-8-14)9-18-11-4-2-3-10(5-11)12-6-13(15)19-16-12/h2-6H,7-9,15H2,1H3. The van der Waals surface area contributed by atoms with Crippen LogP contribution in [-0.2, 0) is 4.74 Å². The van der Waals surface area contributed by atoms with Gasteiger partial charge in [-0.25, -0.2) is 0 Å². The number of nitrogen functional groups attached to an aromatic ring is 1. The summed E-state index contributed by atoms with van der Waals surface area (Å²) in [4.78, 5) is 0. The first-order valence-corrected chi connectivity index (χ1v) is 6.18. The smallest absolute Gasteiger partial charge is 0.222 e. The molecule has 0 atom stereocenters. The van der Waals surface area contributed by atoms with Gasteiger partial charge in [-0.15, -0.1) is 0 Å². The molecule has 3 rings (SSSR count). The Morgan fingerprint density at radius 3 is 2.84 bits per heavy atom. The highest BCUT2D eigenvalue weighted by atomic mass is 16.5. The highest BCUT2D eigenvalue weighted by Gasteiger charge is 2.34. The van der Waals surface area contributed by atoms with Crippen LogP contribution >= 0.6 is 0 Å².